The summed E-state index contributed by atoms with van der Waals surface area (Å²) in [4.78, 5) is 8.57. The van der Waals surface area contributed by atoms with Crippen LogP contribution in [-0.4, -0.2) is 14.4 Å². The molecule has 0 saturated carbocycles. The molecule has 0 saturated heterocycles. The lowest BCUT2D eigenvalue weighted by molar-refractivity contribution is -0.139. The first-order chi connectivity index (χ1) is 12.7. The Morgan fingerprint density at radius 2 is 1.85 bits per heavy atom. The third kappa shape index (κ3) is 3.15. The van der Waals surface area contributed by atoms with Gasteiger partial charge in [-0.25, -0.2) is 14.4 Å². The van der Waals surface area contributed by atoms with Gasteiger partial charge >= 0.3 is 6.18 Å². The summed E-state index contributed by atoms with van der Waals surface area (Å²) >= 11 is 12.3. The van der Waals surface area contributed by atoms with Gasteiger partial charge in [-0.3, -0.25) is 4.40 Å². The second-order valence-electron chi connectivity index (χ2n) is 5.65. The molecule has 0 aliphatic heterocycles. The summed E-state index contributed by atoms with van der Waals surface area (Å²) < 4.78 is 53.6. The van der Waals surface area contributed by atoms with Gasteiger partial charge in [0.05, 0.1) is 21.6 Å². The highest BCUT2D eigenvalue weighted by Gasteiger charge is 2.34. The van der Waals surface area contributed by atoms with Crippen molar-refractivity contribution in [2.45, 2.75) is 6.18 Å². The smallest absolute Gasteiger partial charge is 0.337 e. The zero-order chi connectivity index (χ0) is 19.3. The molecule has 0 unspecified atom stereocenters. The molecule has 1 N–H and O–H groups in total. The van der Waals surface area contributed by atoms with E-state index in [1.54, 1.807) is 22.7 Å². The fourth-order valence-electron chi connectivity index (χ4n) is 2.75. The second kappa shape index (κ2) is 6.24. The molecule has 4 nitrogen and oxygen atoms in total. The van der Waals surface area contributed by atoms with Gasteiger partial charge in [0.25, 0.3) is 0 Å². The van der Waals surface area contributed by atoms with Crippen LogP contribution in [0.25, 0.3) is 16.7 Å². The van der Waals surface area contributed by atoms with Gasteiger partial charge in [0, 0.05) is 23.1 Å². The van der Waals surface area contributed by atoms with Gasteiger partial charge < -0.3 is 5.32 Å². The van der Waals surface area contributed by atoms with Crippen LogP contribution in [0.1, 0.15) is 5.56 Å². The minimum absolute atomic E-state index is 0.0883. The molecule has 2 heterocycles. The largest absolute Gasteiger partial charge is 0.419 e. The first kappa shape index (κ1) is 17.8. The van der Waals surface area contributed by atoms with Crippen molar-refractivity contribution in [1.82, 2.24) is 14.4 Å². The minimum atomic E-state index is -4.77. The van der Waals surface area contributed by atoms with Gasteiger partial charge in [0.1, 0.15) is 5.82 Å². The lowest BCUT2D eigenvalue weighted by Gasteiger charge is -2.13. The quantitative estimate of drug-likeness (QED) is 0.403. The monoisotopic (exact) mass is 414 g/mol. The average Bonchev–Trinajstić information content (AvgIpc) is 3.02. The van der Waals surface area contributed by atoms with Gasteiger partial charge in [-0.2, -0.15) is 13.2 Å². The van der Waals surface area contributed by atoms with Crippen molar-refractivity contribution in [2.75, 3.05) is 5.32 Å². The molecule has 0 spiro atoms. The number of fused-ring (bicyclic) bond motifs is 3. The molecule has 138 valence electrons. The van der Waals surface area contributed by atoms with Crippen molar-refractivity contribution in [2.24, 2.45) is 0 Å². The molecule has 0 bridgehead atoms. The zero-order valence-corrected chi connectivity index (χ0v) is 14.7. The molecule has 2 aromatic carbocycles. The van der Waals surface area contributed by atoms with Crippen LogP contribution in [0.4, 0.5) is 29.1 Å². The van der Waals surface area contributed by atoms with Crippen LogP contribution in [0.2, 0.25) is 10.0 Å². The highest BCUT2D eigenvalue weighted by molar-refractivity contribution is 6.38. The van der Waals surface area contributed by atoms with E-state index in [1.807, 2.05) is 0 Å². The van der Waals surface area contributed by atoms with E-state index in [0.29, 0.717) is 32.8 Å². The van der Waals surface area contributed by atoms with Crippen molar-refractivity contribution < 1.29 is 17.6 Å². The van der Waals surface area contributed by atoms with E-state index in [2.05, 4.69) is 15.3 Å². The molecule has 0 amide bonds. The van der Waals surface area contributed by atoms with Gasteiger partial charge in [-0.15, -0.1) is 0 Å². The van der Waals surface area contributed by atoms with Crippen LogP contribution in [0.15, 0.2) is 42.7 Å². The van der Waals surface area contributed by atoms with E-state index in [4.69, 9.17) is 23.2 Å². The van der Waals surface area contributed by atoms with Gasteiger partial charge in [0.2, 0.25) is 0 Å². The number of anilines is 2. The Labute approximate surface area is 159 Å². The number of nitrogens with zero attached hydrogens (tertiary/aromatic N) is 3. The molecule has 4 aromatic rings. The normalized spacial score (nSPS) is 12.1. The molecule has 0 aliphatic rings. The third-order valence-electron chi connectivity index (χ3n) is 3.87. The number of benzene rings is 2. The predicted molar refractivity (Wildman–Crippen MR) is 95.2 cm³/mol. The summed E-state index contributed by atoms with van der Waals surface area (Å²) in [7, 11) is 0. The van der Waals surface area contributed by atoms with Gasteiger partial charge in [-0.1, -0.05) is 23.2 Å². The van der Waals surface area contributed by atoms with E-state index >= 15 is 0 Å². The number of hydrogen-bond acceptors (Lipinski definition) is 3. The van der Waals surface area contributed by atoms with Crippen LogP contribution >= 0.6 is 23.2 Å². The van der Waals surface area contributed by atoms with Crippen molar-refractivity contribution in [1.29, 1.82) is 0 Å². The Balaban J connectivity index is 1.84. The molecule has 10 heteroatoms. The Bertz CT molecular complexity index is 1190. The summed E-state index contributed by atoms with van der Waals surface area (Å²) in [6.45, 7) is 0. The predicted octanol–water partition coefficient (Wildman–Crippen LogP) is 6.09. The average molecular weight is 415 g/mol. The Kier molecular flexibility index (Phi) is 4.12. The number of nitrogens with one attached hydrogen (secondary N) is 1. The number of halogens is 6. The number of rotatable bonds is 2. The molecule has 0 atom stereocenters. The summed E-state index contributed by atoms with van der Waals surface area (Å²) in [5.41, 5.74) is 0.118. The highest BCUT2D eigenvalue weighted by atomic mass is 35.5. The molecule has 2 aromatic heterocycles. The number of hydrogen-bond donors (Lipinski definition) is 1. The van der Waals surface area contributed by atoms with E-state index in [0.717, 1.165) is 12.1 Å². The highest BCUT2D eigenvalue weighted by Crippen LogP contribution is 2.34. The van der Waals surface area contributed by atoms with Crippen LogP contribution in [0.3, 0.4) is 0 Å². The summed E-state index contributed by atoms with van der Waals surface area (Å²) in [5.74, 6) is -1.18. The number of alkyl halides is 3. The summed E-state index contributed by atoms with van der Waals surface area (Å²) in [6.07, 6.45) is -1.61. The fraction of sp³-hybridized carbons (Fsp3) is 0.0588. The topological polar surface area (TPSA) is 42.2 Å². The SMILES string of the molecule is Fc1cc(Nc2nc3cc(Cl)cc(Cl)c3n3ccnc23)ccc1C(F)(F)F. The van der Waals surface area contributed by atoms with Crippen molar-refractivity contribution >= 4 is 51.4 Å². The Hall–Kier alpha value is -2.58. The first-order valence-electron chi connectivity index (χ1n) is 7.49. The number of aromatic nitrogens is 3. The maximum Gasteiger partial charge on any atom is 0.419 e. The molecule has 27 heavy (non-hydrogen) atoms. The van der Waals surface area contributed by atoms with Crippen LogP contribution in [-0.2, 0) is 6.18 Å². The van der Waals surface area contributed by atoms with Gasteiger partial charge in [-0.05, 0) is 30.3 Å². The lowest BCUT2D eigenvalue weighted by atomic mass is 10.2. The van der Waals surface area contributed by atoms with E-state index in [-0.39, 0.29) is 11.5 Å². The van der Waals surface area contributed by atoms with E-state index in [1.165, 1.54) is 6.20 Å². The Morgan fingerprint density at radius 1 is 1.07 bits per heavy atom. The summed E-state index contributed by atoms with van der Waals surface area (Å²) in [5, 5.41) is 3.52. The van der Waals surface area contributed by atoms with Crippen LogP contribution in [0, 0.1) is 5.82 Å². The first-order valence-corrected chi connectivity index (χ1v) is 8.25. The summed E-state index contributed by atoms with van der Waals surface area (Å²) in [6, 6.07) is 5.67. The van der Waals surface area contributed by atoms with Crippen molar-refractivity contribution in [3.8, 4) is 0 Å². The molecular formula is C17H8Cl2F4N4. The lowest BCUT2D eigenvalue weighted by Crippen LogP contribution is -2.08. The second-order valence-corrected chi connectivity index (χ2v) is 6.50. The van der Waals surface area contributed by atoms with E-state index in [9.17, 15) is 17.6 Å². The molecular weight excluding hydrogens is 407 g/mol. The van der Waals surface area contributed by atoms with Crippen molar-refractivity contribution in [3.05, 3.63) is 64.2 Å². The standard InChI is InChI=1S/C17H8Cl2F4N4/c18-8-5-11(19)14-13(6-8)26-15(16-24-3-4-27(14)16)25-9-1-2-10(12(20)7-9)17(21,22)23/h1-7H,(H,25,26). The van der Waals surface area contributed by atoms with Crippen LogP contribution < -0.4 is 5.32 Å². The molecule has 0 aliphatic carbocycles. The fourth-order valence-corrected chi connectivity index (χ4v) is 3.32. The number of imidazole rings is 1. The van der Waals surface area contributed by atoms with Crippen molar-refractivity contribution in [3.63, 3.8) is 0 Å². The maximum absolute atomic E-state index is 13.8. The maximum atomic E-state index is 13.8. The molecule has 0 radical (unpaired) electrons. The zero-order valence-electron chi connectivity index (χ0n) is 13.2. The third-order valence-corrected chi connectivity index (χ3v) is 4.38. The van der Waals surface area contributed by atoms with Crippen LogP contribution in [0.5, 0.6) is 0 Å². The van der Waals surface area contributed by atoms with Gasteiger partial charge in [0.15, 0.2) is 11.5 Å². The van der Waals surface area contributed by atoms with E-state index < -0.39 is 17.6 Å². The Morgan fingerprint density at radius 3 is 2.56 bits per heavy atom. The minimum Gasteiger partial charge on any atom is -0.337 e. The molecule has 0 fully saturated rings. The molecule has 4 rings (SSSR count).